The molecule has 1 aliphatic carbocycles. The number of ether oxygens (including phenoxy) is 1. The Balaban J connectivity index is 1.75. The summed E-state index contributed by atoms with van der Waals surface area (Å²) >= 11 is 5.24. The Labute approximate surface area is 110 Å². The minimum Gasteiger partial charge on any atom is -0.373 e. The van der Waals surface area contributed by atoms with Crippen molar-refractivity contribution in [1.29, 1.82) is 0 Å². The minimum absolute atomic E-state index is 0.480. The molecule has 2 rings (SSSR count). The Bertz CT molecular complexity index is 335. The summed E-state index contributed by atoms with van der Waals surface area (Å²) in [6.07, 6.45) is 5.52. The molecule has 90 valence electrons. The molecule has 0 unspecified atom stereocenters. The molecule has 0 N–H and O–H groups in total. The normalized spacial score (nSPS) is 21.2. The number of rotatable bonds is 3. The van der Waals surface area contributed by atoms with Crippen molar-refractivity contribution in [3.8, 4) is 0 Å². The van der Waals surface area contributed by atoms with Gasteiger partial charge in [0.15, 0.2) is 0 Å². The SMILES string of the molecule is CC1(C)CCC(OCc2ccc(Br)s2)CC1. The second kappa shape index (κ2) is 5.19. The first kappa shape index (κ1) is 12.6. The van der Waals surface area contributed by atoms with Crippen LogP contribution in [0.15, 0.2) is 15.9 Å². The number of hydrogen-bond acceptors (Lipinski definition) is 2. The molecule has 0 saturated heterocycles. The van der Waals surface area contributed by atoms with Crippen molar-refractivity contribution in [2.75, 3.05) is 0 Å². The highest BCUT2D eigenvalue weighted by Gasteiger charge is 2.27. The first-order valence-electron chi connectivity index (χ1n) is 5.91. The Morgan fingerprint density at radius 3 is 2.62 bits per heavy atom. The van der Waals surface area contributed by atoms with E-state index in [0.717, 1.165) is 6.61 Å². The Kier molecular flexibility index (Phi) is 4.09. The third kappa shape index (κ3) is 3.57. The van der Waals surface area contributed by atoms with E-state index in [4.69, 9.17) is 4.74 Å². The summed E-state index contributed by atoms with van der Waals surface area (Å²) < 4.78 is 7.16. The molecule has 0 bridgehead atoms. The summed E-state index contributed by atoms with van der Waals surface area (Å²) in [6, 6.07) is 4.23. The molecule has 0 amide bonds. The van der Waals surface area contributed by atoms with Crippen molar-refractivity contribution in [3.05, 3.63) is 20.8 Å². The fourth-order valence-corrected chi connectivity index (χ4v) is 3.57. The topological polar surface area (TPSA) is 9.23 Å². The Morgan fingerprint density at radius 2 is 2.06 bits per heavy atom. The highest BCUT2D eigenvalue weighted by atomic mass is 79.9. The second-order valence-corrected chi connectivity index (χ2v) is 7.93. The van der Waals surface area contributed by atoms with E-state index in [1.165, 1.54) is 34.3 Å². The molecule has 0 aliphatic heterocycles. The van der Waals surface area contributed by atoms with Gasteiger partial charge in [-0.05, 0) is 59.2 Å². The van der Waals surface area contributed by atoms with Gasteiger partial charge in [-0.1, -0.05) is 13.8 Å². The first-order chi connectivity index (χ1) is 7.55. The summed E-state index contributed by atoms with van der Waals surface area (Å²) in [5.74, 6) is 0. The quantitative estimate of drug-likeness (QED) is 0.764. The maximum absolute atomic E-state index is 5.97. The summed E-state index contributed by atoms with van der Waals surface area (Å²) in [4.78, 5) is 1.32. The molecule has 3 heteroatoms. The third-order valence-electron chi connectivity index (χ3n) is 3.38. The highest BCUT2D eigenvalue weighted by Crippen LogP contribution is 2.36. The average Bonchev–Trinajstić information content (AvgIpc) is 2.63. The summed E-state index contributed by atoms with van der Waals surface area (Å²) in [7, 11) is 0. The van der Waals surface area contributed by atoms with E-state index in [0.29, 0.717) is 11.5 Å². The third-order valence-corrected chi connectivity index (χ3v) is 4.97. The molecule has 0 radical (unpaired) electrons. The van der Waals surface area contributed by atoms with E-state index in [-0.39, 0.29) is 0 Å². The van der Waals surface area contributed by atoms with Crippen molar-refractivity contribution < 1.29 is 4.74 Å². The van der Waals surface area contributed by atoms with E-state index in [2.05, 4.69) is 41.9 Å². The maximum atomic E-state index is 5.97. The van der Waals surface area contributed by atoms with Crippen LogP contribution in [0.5, 0.6) is 0 Å². The van der Waals surface area contributed by atoms with Gasteiger partial charge in [0, 0.05) is 4.88 Å². The molecule has 1 aromatic heterocycles. The van der Waals surface area contributed by atoms with Gasteiger partial charge in [0.05, 0.1) is 16.5 Å². The summed E-state index contributed by atoms with van der Waals surface area (Å²) in [5.41, 5.74) is 0.534. The molecule has 1 heterocycles. The van der Waals surface area contributed by atoms with E-state index in [1.807, 2.05) is 0 Å². The van der Waals surface area contributed by atoms with Crippen molar-refractivity contribution in [2.45, 2.75) is 52.2 Å². The average molecular weight is 303 g/mol. The number of hydrogen-bond donors (Lipinski definition) is 0. The van der Waals surface area contributed by atoms with Gasteiger partial charge >= 0.3 is 0 Å². The van der Waals surface area contributed by atoms with Crippen LogP contribution in [0.2, 0.25) is 0 Å². The van der Waals surface area contributed by atoms with Crippen LogP contribution in [-0.2, 0) is 11.3 Å². The van der Waals surface area contributed by atoms with E-state index < -0.39 is 0 Å². The highest BCUT2D eigenvalue weighted by molar-refractivity contribution is 9.11. The van der Waals surface area contributed by atoms with E-state index >= 15 is 0 Å². The van der Waals surface area contributed by atoms with Gasteiger partial charge in [0.2, 0.25) is 0 Å². The lowest BCUT2D eigenvalue weighted by Gasteiger charge is -2.34. The molecule has 16 heavy (non-hydrogen) atoms. The molecule has 0 spiro atoms. The lowest BCUT2D eigenvalue weighted by Crippen LogP contribution is -2.26. The molecule has 1 aromatic rings. The zero-order valence-corrected chi connectivity index (χ0v) is 12.4. The largest absolute Gasteiger partial charge is 0.373 e. The number of halogens is 1. The lowest BCUT2D eigenvalue weighted by atomic mass is 9.76. The van der Waals surface area contributed by atoms with E-state index in [1.54, 1.807) is 11.3 Å². The van der Waals surface area contributed by atoms with Gasteiger partial charge in [0.25, 0.3) is 0 Å². The fourth-order valence-electron chi connectivity index (χ4n) is 2.17. The molecule has 1 aliphatic rings. The van der Waals surface area contributed by atoms with E-state index in [9.17, 15) is 0 Å². The zero-order chi connectivity index (χ0) is 11.6. The molecular formula is C13H19BrOS. The minimum atomic E-state index is 0.480. The Morgan fingerprint density at radius 1 is 1.38 bits per heavy atom. The van der Waals surface area contributed by atoms with Gasteiger partial charge in [-0.25, -0.2) is 0 Å². The second-order valence-electron chi connectivity index (χ2n) is 5.38. The van der Waals surface area contributed by atoms with Gasteiger partial charge < -0.3 is 4.74 Å². The standard InChI is InChI=1S/C13H19BrOS/c1-13(2)7-5-10(6-8-13)15-9-11-3-4-12(14)16-11/h3-4,10H,5-9H2,1-2H3. The van der Waals surface area contributed by atoms with Crippen LogP contribution < -0.4 is 0 Å². The van der Waals surface area contributed by atoms with Crippen LogP contribution >= 0.6 is 27.3 Å². The monoisotopic (exact) mass is 302 g/mol. The maximum Gasteiger partial charge on any atom is 0.0813 e. The zero-order valence-electron chi connectivity index (χ0n) is 9.96. The molecule has 0 atom stereocenters. The number of thiophene rings is 1. The van der Waals surface area contributed by atoms with Crippen molar-refractivity contribution in [1.82, 2.24) is 0 Å². The van der Waals surface area contributed by atoms with Gasteiger partial charge in [-0.3, -0.25) is 0 Å². The van der Waals surface area contributed by atoms with Crippen LogP contribution in [0.1, 0.15) is 44.4 Å². The van der Waals surface area contributed by atoms with Crippen LogP contribution in [0.25, 0.3) is 0 Å². The van der Waals surface area contributed by atoms with Crippen molar-refractivity contribution in [3.63, 3.8) is 0 Å². The van der Waals surface area contributed by atoms with Crippen molar-refractivity contribution in [2.24, 2.45) is 5.41 Å². The predicted molar refractivity (Wildman–Crippen MR) is 72.8 cm³/mol. The summed E-state index contributed by atoms with van der Waals surface area (Å²) in [5, 5.41) is 0. The Hall–Kier alpha value is 0.140. The van der Waals surface area contributed by atoms with Crippen LogP contribution in [0.3, 0.4) is 0 Å². The van der Waals surface area contributed by atoms with Crippen LogP contribution in [0.4, 0.5) is 0 Å². The first-order valence-corrected chi connectivity index (χ1v) is 7.52. The van der Waals surface area contributed by atoms with Gasteiger partial charge in [-0.2, -0.15) is 0 Å². The smallest absolute Gasteiger partial charge is 0.0813 e. The van der Waals surface area contributed by atoms with Crippen LogP contribution in [-0.4, -0.2) is 6.10 Å². The fraction of sp³-hybridized carbons (Fsp3) is 0.692. The molecular weight excluding hydrogens is 284 g/mol. The molecule has 1 nitrogen and oxygen atoms in total. The summed E-state index contributed by atoms with van der Waals surface area (Å²) in [6.45, 7) is 5.50. The molecule has 0 aromatic carbocycles. The molecule has 1 fully saturated rings. The van der Waals surface area contributed by atoms with Gasteiger partial charge in [0.1, 0.15) is 0 Å². The van der Waals surface area contributed by atoms with Crippen LogP contribution in [0, 0.1) is 5.41 Å². The van der Waals surface area contributed by atoms with Crippen molar-refractivity contribution >= 4 is 27.3 Å². The van der Waals surface area contributed by atoms with Gasteiger partial charge in [-0.15, -0.1) is 11.3 Å². The molecule has 1 saturated carbocycles. The lowest BCUT2D eigenvalue weighted by molar-refractivity contribution is -0.00448. The predicted octanol–water partition coefficient (Wildman–Crippen LogP) is 5.00.